The molecule has 170 valence electrons. The number of hydrogen-bond acceptors (Lipinski definition) is 8. The summed E-state index contributed by atoms with van der Waals surface area (Å²) in [5.74, 6) is 1.64. The smallest absolute Gasteiger partial charge is 0.270 e. The van der Waals surface area contributed by atoms with E-state index in [2.05, 4.69) is 25.7 Å². The lowest BCUT2D eigenvalue weighted by atomic mass is 10.0. The van der Waals surface area contributed by atoms with Crippen LogP contribution in [0, 0.1) is 25.2 Å². The van der Waals surface area contributed by atoms with Gasteiger partial charge in [-0.15, -0.1) is 0 Å². The van der Waals surface area contributed by atoms with Crippen molar-refractivity contribution in [1.29, 1.82) is 5.26 Å². The van der Waals surface area contributed by atoms with Gasteiger partial charge in [-0.1, -0.05) is 35.5 Å². The fraction of sp³-hybridized carbons (Fsp3) is 0.160. The molecule has 9 nitrogen and oxygen atoms in total. The number of rotatable bonds is 7. The quantitative estimate of drug-likeness (QED) is 0.319. The number of aromatic nitrogens is 3. The van der Waals surface area contributed by atoms with Gasteiger partial charge in [0.05, 0.1) is 24.7 Å². The number of methoxy groups -OCH3 is 1. The third-order valence-electron chi connectivity index (χ3n) is 5.32. The average Bonchev–Trinajstić information content (AvgIpc) is 3.16. The monoisotopic (exact) mass is 454 g/mol. The van der Waals surface area contributed by atoms with Gasteiger partial charge in [-0.2, -0.15) is 10.4 Å². The van der Waals surface area contributed by atoms with Crippen LogP contribution in [0.15, 0.2) is 62.9 Å². The minimum absolute atomic E-state index is 0.0557. The van der Waals surface area contributed by atoms with E-state index in [1.54, 1.807) is 25.5 Å². The van der Waals surface area contributed by atoms with Crippen molar-refractivity contribution in [2.75, 3.05) is 12.5 Å². The molecule has 2 N–H and O–H groups in total. The van der Waals surface area contributed by atoms with Crippen LogP contribution in [-0.4, -0.2) is 28.4 Å². The maximum atomic E-state index is 12.4. The van der Waals surface area contributed by atoms with Crippen LogP contribution >= 0.6 is 0 Å². The van der Waals surface area contributed by atoms with Crippen LogP contribution in [-0.2, 0) is 6.42 Å². The lowest BCUT2D eigenvalue weighted by Crippen LogP contribution is -2.16. The molecule has 9 heteroatoms. The fourth-order valence-electron chi connectivity index (χ4n) is 3.56. The van der Waals surface area contributed by atoms with Crippen LogP contribution < -0.4 is 15.7 Å². The second-order valence-corrected chi connectivity index (χ2v) is 7.54. The van der Waals surface area contributed by atoms with E-state index in [0.717, 1.165) is 33.9 Å². The normalized spacial score (nSPS) is 10.9. The Kier molecular flexibility index (Phi) is 6.50. The Hall–Kier alpha value is -4.71. The Bertz CT molecular complexity index is 1430. The second kappa shape index (κ2) is 9.83. The van der Waals surface area contributed by atoms with Gasteiger partial charge in [0, 0.05) is 17.5 Å². The van der Waals surface area contributed by atoms with E-state index in [1.165, 1.54) is 0 Å². The van der Waals surface area contributed by atoms with Gasteiger partial charge in [-0.3, -0.25) is 9.78 Å². The predicted octanol–water partition coefficient (Wildman–Crippen LogP) is 3.96. The number of nitriles is 1. The minimum atomic E-state index is -0.541. The Morgan fingerprint density at radius 1 is 1.24 bits per heavy atom. The van der Waals surface area contributed by atoms with Crippen molar-refractivity contribution in [3.05, 3.63) is 92.6 Å². The maximum absolute atomic E-state index is 12.4. The zero-order valence-corrected chi connectivity index (χ0v) is 18.9. The number of anilines is 1. The molecule has 0 atom stereocenters. The van der Waals surface area contributed by atoms with Crippen LogP contribution in [0.3, 0.4) is 0 Å². The average molecular weight is 454 g/mol. The summed E-state index contributed by atoms with van der Waals surface area (Å²) >= 11 is 0. The molecule has 0 unspecified atom stereocenters. The summed E-state index contributed by atoms with van der Waals surface area (Å²) in [5.41, 5.74) is 6.72. The molecule has 0 aliphatic rings. The van der Waals surface area contributed by atoms with Gasteiger partial charge in [-0.05, 0) is 43.2 Å². The van der Waals surface area contributed by atoms with Crippen LogP contribution in [0.1, 0.15) is 33.7 Å². The van der Waals surface area contributed by atoms with Crippen LogP contribution in [0.2, 0.25) is 0 Å². The number of aromatic amines is 1. The lowest BCUT2D eigenvalue weighted by molar-refractivity contribution is 0.392. The molecular weight excluding hydrogens is 432 g/mol. The van der Waals surface area contributed by atoms with Crippen molar-refractivity contribution < 1.29 is 9.26 Å². The van der Waals surface area contributed by atoms with Gasteiger partial charge < -0.3 is 9.26 Å². The Morgan fingerprint density at radius 3 is 2.71 bits per heavy atom. The molecule has 0 spiro atoms. The van der Waals surface area contributed by atoms with E-state index in [9.17, 15) is 10.1 Å². The van der Waals surface area contributed by atoms with E-state index in [-0.39, 0.29) is 17.2 Å². The molecule has 34 heavy (non-hydrogen) atoms. The standard InChI is InChI=1S/C25H22N6O3/c1-15-20(16(2)34-31-15)12-19-11-17(9-10-22(19)33-3)14-27-30-25-28-23(18-7-5-4-6-8-18)21(13-26)24(32)29-25/h4-11,14H,12H2,1-3H3,(H2,28,29,30,32). The number of aryl methyl sites for hydroxylation is 2. The van der Waals surface area contributed by atoms with Crippen molar-refractivity contribution in [2.24, 2.45) is 5.10 Å². The van der Waals surface area contributed by atoms with Crippen molar-refractivity contribution in [3.8, 4) is 23.1 Å². The number of H-pyrrole nitrogens is 1. The van der Waals surface area contributed by atoms with Crippen LogP contribution in [0.4, 0.5) is 5.95 Å². The number of nitrogens with one attached hydrogen (secondary N) is 2. The molecule has 4 aromatic rings. The zero-order valence-electron chi connectivity index (χ0n) is 18.9. The molecule has 0 radical (unpaired) electrons. The summed E-state index contributed by atoms with van der Waals surface area (Å²) in [6.07, 6.45) is 2.21. The molecular formula is C25H22N6O3. The fourth-order valence-corrected chi connectivity index (χ4v) is 3.56. The molecule has 0 aliphatic heterocycles. The van der Waals surface area contributed by atoms with E-state index in [1.807, 2.05) is 56.3 Å². The molecule has 0 saturated heterocycles. The zero-order chi connectivity index (χ0) is 24.1. The maximum Gasteiger partial charge on any atom is 0.270 e. The first kappa shape index (κ1) is 22.5. The molecule has 0 bridgehead atoms. The number of hydrogen-bond donors (Lipinski definition) is 2. The largest absolute Gasteiger partial charge is 0.496 e. The highest BCUT2D eigenvalue weighted by atomic mass is 16.5. The van der Waals surface area contributed by atoms with E-state index < -0.39 is 5.56 Å². The van der Waals surface area contributed by atoms with Crippen molar-refractivity contribution in [3.63, 3.8) is 0 Å². The number of benzene rings is 2. The van der Waals surface area contributed by atoms with Crippen LogP contribution in [0.5, 0.6) is 5.75 Å². The number of ether oxygens (including phenoxy) is 1. The predicted molar refractivity (Wildman–Crippen MR) is 128 cm³/mol. The highest BCUT2D eigenvalue weighted by Crippen LogP contribution is 2.25. The summed E-state index contributed by atoms with van der Waals surface area (Å²) in [6, 6.07) is 16.7. The lowest BCUT2D eigenvalue weighted by Gasteiger charge is -2.09. The van der Waals surface area contributed by atoms with Crippen LogP contribution in [0.25, 0.3) is 11.3 Å². The summed E-state index contributed by atoms with van der Waals surface area (Å²) < 4.78 is 10.8. The highest BCUT2D eigenvalue weighted by molar-refractivity contribution is 5.81. The van der Waals surface area contributed by atoms with E-state index in [4.69, 9.17) is 9.26 Å². The van der Waals surface area contributed by atoms with Gasteiger partial charge in [0.25, 0.3) is 5.56 Å². The van der Waals surface area contributed by atoms with Gasteiger partial charge in [0.15, 0.2) is 0 Å². The third-order valence-corrected chi connectivity index (χ3v) is 5.32. The topological polar surface area (TPSA) is 129 Å². The number of hydrazone groups is 1. The summed E-state index contributed by atoms with van der Waals surface area (Å²) in [6.45, 7) is 3.79. The first-order valence-electron chi connectivity index (χ1n) is 10.5. The molecule has 0 amide bonds. The van der Waals surface area contributed by atoms with Gasteiger partial charge >= 0.3 is 0 Å². The van der Waals surface area contributed by atoms with Crippen molar-refractivity contribution in [1.82, 2.24) is 15.1 Å². The summed E-state index contributed by atoms with van der Waals surface area (Å²) in [5, 5.41) is 17.6. The van der Waals surface area contributed by atoms with Crippen molar-refractivity contribution >= 4 is 12.2 Å². The molecule has 0 aliphatic carbocycles. The first-order valence-corrected chi connectivity index (χ1v) is 10.5. The highest BCUT2D eigenvalue weighted by Gasteiger charge is 2.14. The summed E-state index contributed by atoms with van der Waals surface area (Å²) in [7, 11) is 1.62. The Morgan fingerprint density at radius 2 is 2.03 bits per heavy atom. The Labute approximate surface area is 195 Å². The molecule has 2 aromatic carbocycles. The first-order chi connectivity index (χ1) is 16.5. The SMILES string of the molecule is COc1ccc(C=NNc2nc(-c3ccccc3)c(C#N)c(=O)[nH]2)cc1Cc1c(C)noc1C. The van der Waals surface area contributed by atoms with Gasteiger partial charge in [0.1, 0.15) is 23.1 Å². The number of nitrogens with zero attached hydrogens (tertiary/aromatic N) is 4. The van der Waals surface area contributed by atoms with E-state index in [0.29, 0.717) is 12.0 Å². The second-order valence-electron chi connectivity index (χ2n) is 7.54. The van der Waals surface area contributed by atoms with E-state index >= 15 is 0 Å². The molecule has 2 aromatic heterocycles. The molecule has 4 rings (SSSR count). The molecule has 0 fully saturated rings. The third kappa shape index (κ3) is 4.71. The van der Waals surface area contributed by atoms with Crippen molar-refractivity contribution in [2.45, 2.75) is 20.3 Å². The molecule has 0 saturated carbocycles. The minimum Gasteiger partial charge on any atom is -0.496 e. The Balaban J connectivity index is 1.59. The molecule has 2 heterocycles. The van der Waals surface area contributed by atoms with Gasteiger partial charge in [0.2, 0.25) is 5.95 Å². The summed E-state index contributed by atoms with van der Waals surface area (Å²) in [4.78, 5) is 19.3. The van der Waals surface area contributed by atoms with Gasteiger partial charge in [-0.25, -0.2) is 10.4 Å².